The van der Waals surface area contributed by atoms with Gasteiger partial charge < -0.3 is 10.0 Å². The van der Waals surface area contributed by atoms with Crippen molar-refractivity contribution in [3.63, 3.8) is 0 Å². The Morgan fingerprint density at radius 3 is 2.53 bits per heavy atom. The molecule has 1 saturated carbocycles. The molecule has 0 radical (unpaired) electrons. The molecule has 3 rings (SSSR count). The minimum Gasteiger partial charge on any atom is -0.481 e. The van der Waals surface area contributed by atoms with Gasteiger partial charge in [0.2, 0.25) is 5.91 Å². The van der Waals surface area contributed by atoms with Crippen LogP contribution in [0.15, 0.2) is 30.0 Å². The summed E-state index contributed by atoms with van der Waals surface area (Å²) < 4.78 is 0. The van der Waals surface area contributed by atoms with Gasteiger partial charge in [0.1, 0.15) is 0 Å². The van der Waals surface area contributed by atoms with E-state index in [2.05, 4.69) is 52.8 Å². The van der Waals surface area contributed by atoms with Gasteiger partial charge in [-0.25, -0.2) is 0 Å². The fourth-order valence-corrected chi connectivity index (χ4v) is 5.27. The van der Waals surface area contributed by atoms with Crippen molar-refractivity contribution >= 4 is 23.5 Å². The van der Waals surface area contributed by atoms with Crippen LogP contribution in [0, 0.1) is 10.8 Å². The number of carboxylic acid groups (broad SMARTS) is 1. The highest BCUT2D eigenvalue weighted by Crippen LogP contribution is 2.57. The number of halogens is 1. The van der Waals surface area contributed by atoms with Crippen LogP contribution in [0.25, 0.3) is 0 Å². The molecular weight excluding hydrogens is 398 g/mol. The Labute approximate surface area is 185 Å². The van der Waals surface area contributed by atoms with Crippen LogP contribution < -0.4 is 0 Å². The number of carboxylic acids is 1. The molecule has 0 spiro atoms. The number of nitrogens with zero attached hydrogens (tertiary/aromatic N) is 1. The maximum Gasteiger partial charge on any atom is 0.305 e. The highest BCUT2D eigenvalue weighted by atomic mass is 35.5. The van der Waals surface area contributed by atoms with Gasteiger partial charge in [-0.15, -0.1) is 0 Å². The molecule has 5 heteroatoms. The van der Waals surface area contributed by atoms with Crippen molar-refractivity contribution in [3.8, 4) is 0 Å². The summed E-state index contributed by atoms with van der Waals surface area (Å²) in [5.74, 6) is -0.895. The Balaban J connectivity index is 1.94. The van der Waals surface area contributed by atoms with Crippen LogP contribution in [0.1, 0.15) is 77.8 Å². The van der Waals surface area contributed by atoms with E-state index in [4.69, 9.17) is 16.7 Å². The molecule has 164 valence electrons. The SMILES string of the molecule is CC(C)(C)CCc1ccc(C23CC(=O)N(CCC(=O)O)C=C2CC(C)(C)C3)cc1Cl. The van der Waals surface area contributed by atoms with E-state index in [9.17, 15) is 9.59 Å². The topological polar surface area (TPSA) is 57.6 Å². The van der Waals surface area contributed by atoms with Crippen LogP contribution in [0.3, 0.4) is 0 Å². The third kappa shape index (κ3) is 4.91. The molecular formula is C25H34ClNO3. The zero-order valence-corrected chi connectivity index (χ0v) is 19.6. The molecule has 1 N–H and O–H groups in total. The largest absolute Gasteiger partial charge is 0.481 e. The molecule has 0 aromatic heterocycles. The van der Waals surface area contributed by atoms with E-state index in [1.54, 1.807) is 4.90 Å². The van der Waals surface area contributed by atoms with E-state index in [1.807, 2.05) is 6.20 Å². The predicted molar refractivity (Wildman–Crippen MR) is 121 cm³/mol. The van der Waals surface area contributed by atoms with Crippen LogP contribution in [-0.4, -0.2) is 28.4 Å². The number of allylic oxidation sites excluding steroid dienone is 1. The van der Waals surface area contributed by atoms with Gasteiger partial charge in [-0.1, -0.05) is 58.4 Å². The number of aryl methyl sites for hydroxylation is 1. The molecule has 1 heterocycles. The van der Waals surface area contributed by atoms with E-state index in [0.717, 1.165) is 41.8 Å². The zero-order chi connectivity index (χ0) is 22.3. The number of amides is 1. The summed E-state index contributed by atoms with van der Waals surface area (Å²) >= 11 is 6.71. The third-order valence-corrected chi connectivity index (χ3v) is 6.82. The normalized spacial score (nSPS) is 23.3. The number of carbonyl (C=O) groups is 2. The van der Waals surface area contributed by atoms with Crippen molar-refractivity contribution in [1.29, 1.82) is 0 Å². The molecule has 0 saturated heterocycles. The van der Waals surface area contributed by atoms with Gasteiger partial charge in [0, 0.05) is 29.6 Å². The summed E-state index contributed by atoms with van der Waals surface area (Å²) in [6.45, 7) is 11.4. The summed E-state index contributed by atoms with van der Waals surface area (Å²) in [6, 6.07) is 6.34. The second kappa shape index (κ2) is 8.03. The van der Waals surface area contributed by atoms with Gasteiger partial charge in [-0.05, 0) is 59.3 Å². The van der Waals surface area contributed by atoms with E-state index in [0.29, 0.717) is 6.42 Å². The number of hydrogen-bond donors (Lipinski definition) is 1. The monoisotopic (exact) mass is 431 g/mol. The van der Waals surface area contributed by atoms with Gasteiger partial charge >= 0.3 is 5.97 Å². The first kappa shape index (κ1) is 22.9. The fraction of sp³-hybridized carbons (Fsp3) is 0.600. The Hall–Kier alpha value is -1.81. The second-order valence-electron chi connectivity index (χ2n) is 11.0. The van der Waals surface area contributed by atoms with Gasteiger partial charge in [0.15, 0.2) is 0 Å². The molecule has 1 aliphatic heterocycles. The first-order valence-electron chi connectivity index (χ1n) is 10.8. The van der Waals surface area contributed by atoms with E-state index in [-0.39, 0.29) is 35.1 Å². The number of hydrogen-bond acceptors (Lipinski definition) is 2. The molecule has 1 aliphatic carbocycles. The lowest BCUT2D eigenvalue weighted by molar-refractivity contribution is -0.138. The minimum atomic E-state index is -0.887. The van der Waals surface area contributed by atoms with E-state index in [1.165, 1.54) is 5.57 Å². The maximum absolute atomic E-state index is 13.0. The first-order chi connectivity index (χ1) is 13.8. The second-order valence-corrected chi connectivity index (χ2v) is 11.4. The summed E-state index contributed by atoms with van der Waals surface area (Å²) in [7, 11) is 0. The number of fused-ring (bicyclic) bond motifs is 1. The quantitative estimate of drug-likeness (QED) is 0.603. The van der Waals surface area contributed by atoms with Crippen molar-refractivity contribution < 1.29 is 14.7 Å². The molecule has 2 aliphatic rings. The molecule has 1 unspecified atom stereocenters. The smallest absolute Gasteiger partial charge is 0.305 e. The van der Waals surface area contributed by atoms with E-state index >= 15 is 0 Å². The van der Waals surface area contributed by atoms with Crippen LogP contribution in [0.2, 0.25) is 5.02 Å². The number of aliphatic carboxylic acids is 1. The van der Waals surface area contributed by atoms with Gasteiger partial charge in [0.25, 0.3) is 0 Å². The van der Waals surface area contributed by atoms with Gasteiger partial charge in [-0.2, -0.15) is 0 Å². The molecule has 1 atom stereocenters. The van der Waals surface area contributed by atoms with Crippen LogP contribution in [0.5, 0.6) is 0 Å². The average Bonchev–Trinajstić information content (AvgIpc) is 2.87. The van der Waals surface area contributed by atoms with Crippen molar-refractivity contribution in [2.75, 3.05) is 6.54 Å². The lowest BCUT2D eigenvalue weighted by Gasteiger charge is -2.38. The molecule has 1 fully saturated rings. The standard InChI is InChI=1S/C25H34ClNO3/c1-23(2,3)10-8-17-6-7-18(12-20(17)26)25-14-21(28)27(11-9-22(29)30)15-19(25)13-24(4,5)16-25/h6-7,12,15H,8-11,13-14,16H2,1-5H3,(H,29,30). The fourth-order valence-electron chi connectivity index (χ4n) is 5.00. The Morgan fingerprint density at radius 1 is 1.23 bits per heavy atom. The number of rotatable bonds is 6. The van der Waals surface area contributed by atoms with Crippen molar-refractivity contribution in [2.24, 2.45) is 10.8 Å². The zero-order valence-electron chi connectivity index (χ0n) is 18.8. The van der Waals surface area contributed by atoms with Crippen molar-refractivity contribution in [3.05, 3.63) is 46.1 Å². The Bertz CT molecular complexity index is 881. The lowest BCUT2D eigenvalue weighted by atomic mass is 9.70. The van der Waals surface area contributed by atoms with Crippen molar-refractivity contribution in [2.45, 2.75) is 78.6 Å². The molecule has 1 aromatic carbocycles. The highest BCUT2D eigenvalue weighted by molar-refractivity contribution is 6.31. The maximum atomic E-state index is 13.0. The Morgan fingerprint density at radius 2 is 1.93 bits per heavy atom. The lowest BCUT2D eigenvalue weighted by Crippen LogP contribution is -2.41. The number of benzene rings is 1. The molecule has 4 nitrogen and oxygen atoms in total. The number of carbonyl (C=O) groups excluding carboxylic acids is 1. The van der Waals surface area contributed by atoms with Crippen LogP contribution in [0.4, 0.5) is 0 Å². The van der Waals surface area contributed by atoms with E-state index < -0.39 is 5.97 Å². The summed E-state index contributed by atoms with van der Waals surface area (Å²) in [5, 5.41) is 9.78. The van der Waals surface area contributed by atoms with Crippen molar-refractivity contribution in [1.82, 2.24) is 4.90 Å². The first-order valence-corrected chi connectivity index (χ1v) is 11.2. The van der Waals surface area contributed by atoms with Gasteiger partial charge in [0.05, 0.1) is 6.42 Å². The highest BCUT2D eigenvalue weighted by Gasteiger charge is 2.52. The molecule has 1 amide bonds. The summed E-state index contributed by atoms with van der Waals surface area (Å²) in [6.07, 6.45) is 6.04. The average molecular weight is 432 g/mol. The minimum absolute atomic E-state index is 0.00867. The van der Waals surface area contributed by atoms with Crippen LogP contribution >= 0.6 is 11.6 Å². The molecule has 1 aromatic rings. The third-order valence-electron chi connectivity index (χ3n) is 6.47. The van der Waals surface area contributed by atoms with Gasteiger partial charge in [-0.3, -0.25) is 9.59 Å². The van der Waals surface area contributed by atoms with Crippen LogP contribution in [-0.2, 0) is 21.4 Å². The Kier molecular flexibility index (Phi) is 6.12. The predicted octanol–water partition coefficient (Wildman–Crippen LogP) is 5.97. The molecule has 30 heavy (non-hydrogen) atoms. The summed E-state index contributed by atoms with van der Waals surface area (Å²) in [5.41, 5.74) is 3.46. The summed E-state index contributed by atoms with van der Waals surface area (Å²) in [4.78, 5) is 25.5. The molecule has 0 bridgehead atoms.